The maximum atomic E-state index is 12.2. The molecule has 1 aliphatic rings. The molecule has 1 saturated carbocycles. The maximum absolute atomic E-state index is 12.2. The number of rotatable bonds is 5. The van der Waals surface area contributed by atoms with Gasteiger partial charge < -0.3 is 15.1 Å². The standard InChI is InChI=1S/C17H17ClN2O3/c1-10-4-5-11(7-15(10)18)20-17(22)14-8-13(14)16(21)19-9-12-3-2-6-23-12/h2-7,13-14H,8-9H2,1H3,(H,19,21)(H,20,22). The molecule has 1 fully saturated rings. The smallest absolute Gasteiger partial charge is 0.228 e. The molecule has 2 N–H and O–H groups in total. The van der Waals surface area contributed by atoms with E-state index in [-0.39, 0.29) is 23.7 Å². The first kappa shape index (κ1) is 15.6. The number of carbonyl (C=O) groups excluding carboxylic acids is 2. The Kier molecular flexibility index (Phi) is 4.39. The molecular formula is C17H17ClN2O3. The molecule has 1 aromatic carbocycles. The lowest BCUT2D eigenvalue weighted by atomic mass is 10.2. The normalized spacial score (nSPS) is 19.2. The Bertz CT molecular complexity index is 727. The van der Waals surface area contributed by atoms with Crippen LogP contribution < -0.4 is 10.6 Å². The van der Waals surface area contributed by atoms with E-state index in [4.69, 9.17) is 16.0 Å². The molecule has 1 heterocycles. The van der Waals surface area contributed by atoms with Crippen molar-refractivity contribution >= 4 is 29.1 Å². The van der Waals surface area contributed by atoms with Crippen molar-refractivity contribution in [2.45, 2.75) is 19.9 Å². The fourth-order valence-corrected chi connectivity index (χ4v) is 2.58. The van der Waals surface area contributed by atoms with Crippen LogP contribution >= 0.6 is 11.6 Å². The van der Waals surface area contributed by atoms with Gasteiger partial charge in [-0.2, -0.15) is 0 Å². The highest BCUT2D eigenvalue weighted by molar-refractivity contribution is 6.31. The summed E-state index contributed by atoms with van der Waals surface area (Å²) >= 11 is 6.04. The van der Waals surface area contributed by atoms with Crippen molar-refractivity contribution in [3.63, 3.8) is 0 Å². The van der Waals surface area contributed by atoms with Gasteiger partial charge in [-0.25, -0.2) is 0 Å². The van der Waals surface area contributed by atoms with Gasteiger partial charge >= 0.3 is 0 Å². The molecule has 2 unspecified atom stereocenters. The van der Waals surface area contributed by atoms with Crippen LogP contribution in [0.1, 0.15) is 17.7 Å². The topological polar surface area (TPSA) is 71.3 Å². The summed E-state index contributed by atoms with van der Waals surface area (Å²) in [7, 11) is 0. The van der Waals surface area contributed by atoms with Crippen LogP contribution in [0.25, 0.3) is 0 Å². The van der Waals surface area contributed by atoms with Gasteiger partial charge in [0.05, 0.1) is 24.6 Å². The Morgan fingerprint density at radius 2 is 2.04 bits per heavy atom. The van der Waals surface area contributed by atoms with Gasteiger partial charge in [0.25, 0.3) is 0 Å². The number of hydrogen-bond acceptors (Lipinski definition) is 3. The Balaban J connectivity index is 1.50. The molecule has 0 spiro atoms. The number of anilines is 1. The summed E-state index contributed by atoms with van der Waals surface area (Å²) in [4.78, 5) is 24.2. The van der Waals surface area contributed by atoms with Crippen molar-refractivity contribution in [1.82, 2.24) is 5.32 Å². The number of furan rings is 1. The first-order valence-electron chi connectivity index (χ1n) is 7.41. The molecule has 5 nitrogen and oxygen atoms in total. The molecule has 2 atom stereocenters. The third kappa shape index (κ3) is 3.74. The molecule has 0 saturated heterocycles. The second kappa shape index (κ2) is 6.46. The third-order valence-electron chi connectivity index (χ3n) is 3.92. The molecule has 1 aliphatic carbocycles. The van der Waals surface area contributed by atoms with Gasteiger partial charge in [-0.15, -0.1) is 0 Å². The number of amides is 2. The minimum atomic E-state index is -0.285. The zero-order valence-electron chi connectivity index (χ0n) is 12.6. The van der Waals surface area contributed by atoms with E-state index >= 15 is 0 Å². The summed E-state index contributed by atoms with van der Waals surface area (Å²) in [5.41, 5.74) is 1.60. The number of carbonyl (C=O) groups is 2. The predicted molar refractivity (Wildman–Crippen MR) is 87.0 cm³/mol. The van der Waals surface area contributed by atoms with Gasteiger partial charge in [0.2, 0.25) is 11.8 Å². The molecule has 1 aromatic heterocycles. The van der Waals surface area contributed by atoms with Crippen LogP contribution in [-0.2, 0) is 16.1 Å². The van der Waals surface area contributed by atoms with Crippen LogP contribution in [-0.4, -0.2) is 11.8 Å². The average molecular weight is 333 g/mol. The predicted octanol–water partition coefficient (Wildman–Crippen LogP) is 3.13. The Morgan fingerprint density at radius 1 is 1.26 bits per heavy atom. The van der Waals surface area contributed by atoms with Crippen molar-refractivity contribution in [2.24, 2.45) is 11.8 Å². The summed E-state index contributed by atoms with van der Waals surface area (Å²) < 4.78 is 5.15. The van der Waals surface area contributed by atoms with Crippen LogP contribution in [0.3, 0.4) is 0 Å². The first-order valence-corrected chi connectivity index (χ1v) is 7.79. The molecule has 0 radical (unpaired) electrons. The van der Waals surface area contributed by atoms with Gasteiger partial charge in [0.1, 0.15) is 5.76 Å². The fourth-order valence-electron chi connectivity index (χ4n) is 2.40. The van der Waals surface area contributed by atoms with E-state index in [1.165, 1.54) is 0 Å². The monoisotopic (exact) mass is 332 g/mol. The van der Waals surface area contributed by atoms with Crippen LogP contribution in [0.5, 0.6) is 0 Å². The molecule has 0 aliphatic heterocycles. The van der Waals surface area contributed by atoms with E-state index in [1.54, 1.807) is 30.5 Å². The molecule has 0 bridgehead atoms. The van der Waals surface area contributed by atoms with E-state index in [2.05, 4.69) is 10.6 Å². The van der Waals surface area contributed by atoms with Crippen LogP contribution in [0, 0.1) is 18.8 Å². The van der Waals surface area contributed by atoms with Gasteiger partial charge in [-0.1, -0.05) is 17.7 Å². The SMILES string of the molecule is Cc1ccc(NC(=O)C2CC2C(=O)NCc2ccco2)cc1Cl. The largest absolute Gasteiger partial charge is 0.467 e. The Morgan fingerprint density at radius 3 is 2.74 bits per heavy atom. The van der Waals surface area contributed by atoms with E-state index < -0.39 is 0 Å². The van der Waals surface area contributed by atoms with Gasteiger partial charge in [0.15, 0.2) is 0 Å². The zero-order valence-corrected chi connectivity index (χ0v) is 13.4. The lowest BCUT2D eigenvalue weighted by Gasteiger charge is -2.07. The minimum absolute atomic E-state index is 0.122. The van der Waals surface area contributed by atoms with Crippen molar-refractivity contribution in [2.75, 3.05) is 5.32 Å². The quantitative estimate of drug-likeness (QED) is 0.883. The second-order valence-corrected chi connectivity index (χ2v) is 6.11. The highest BCUT2D eigenvalue weighted by atomic mass is 35.5. The van der Waals surface area contributed by atoms with Gasteiger partial charge in [-0.05, 0) is 43.2 Å². The summed E-state index contributed by atoms with van der Waals surface area (Å²) in [5, 5.41) is 6.19. The molecule has 2 amide bonds. The van der Waals surface area contributed by atoms with Crippen molar-refractivity contribution in [1.29, 1.82) is 0 Å². The van der Waals surface area contributed by atoms with E-state index in [9.17, 15) is 9.59 Å². The third-order valence-corrected chi connectivity index (χ3v) is 4.33. The fraction of sp³-hybridized carbons (Fsp3) is 0.294. The molecule has 2 aromatic rings. The Labute approximate surface area is 139 Å². The van der Waals surface area contributed by atoms with Crippen molar-refractivity contribution in [3.8, 4) is 0 Å². The zero-order chi connectivity index (χ0) is 16.4. The van der Waals surface area contributed by atoms with E-state index in [1.807, 2.05) is 13.0 Å². The summed E-state index contributed by atoms with van der Waals surface area (Å²) in [6.45, 7) is 2.23. The van der Waals surface area contributed by atoms with Crippen molar-refractivity contribution < 1.29 is 14.0 Å². The van der Waals surface area contributed by atoms with Crippen molar-refractivity contribution in [3.05, 3.63) is 52.9 Å². The molecule has 23 heavy (non-hydrogen) atoms. The van der Waals surface area contributed by atoms with Crippen LogP contribution in [0.15, 0.2) is 41.0 Å². The minimum Gasteiger partial charge on any atom is -0.467 e. The maximum Gasteiger partial charge on any atom is 0.228 e. The van der Waals surface area contributed by atoms with E-state index in [0.29, 0.717) is 29.4 Å². The molecule has 120 valence electrons. The number of benzene rings is 1. The molecular weight excluding hydrogens is 316 g/mol. The lowest BCUT2D eigenvalue weighted by molar-refractivity contribution is -0.125. The summed E-state index contributed by atoms with van der Waals surface area (Å²) in [5.74, 6) is -0.140. The lowest BCUT2D eigenvalue weighted by Crippen LogP contribution is -2.26. The molecule has 6 heteroatoms. The number of halogens is 1. The second-order valence-electron chi connectivity index (χ2n) is 5.70. The number of aryl methyl sites for hydroxylation is 1. The average Bonchev–Trinajstić information content (AvgIpc) is 3.17. The van der Waals surface area contributed by atoms with Gasteiger partial charge in [0, 0.05) is 10.7 Å². The van der Waals surface area contributed by atoms with Gasteiger partial charge in [-0.3, -0.25) is 9.59 Å². The Hall–Kier alpha value is -2.27. The summed E-state index contributed by atoms with van der Waals surface area (Å²) in [6.07, 6.45) is 2.12. The number of nitrogens with one attached hydrogen (secondary N) is 2. The highest BCUT2D eigenvalue weighted by Crippen LogP contribution is 2.39. The summed E-state index contributed by atoms with van der Waals surface area (Å²) in [6, 6.07) is 8.91. The highest BCUT2D eigenvalue weighted by Gasteiger charge is 2.47. The van der Waals surface area contributed by atoms with Crippen LogP contribution in [0.2, 0.25) is 5.02 Å². The molecule has 3 rings (SSSR count). The van der Waals surface area contributed by atoms with Crippen LogP contribution in [0.4, 0.5) is 5.69 Å². The number of hydrogen-bond donors (Lipinski definition) is 2. The van der Waals surface area contributed by atoms with E-state index in [0.717, 1.165) is 5.56 Å². The first-order chi connectivity index (χ1) is 11.0.